The van der Waals surface area contributed by atoms with Crippen LogP contribution in [0.2, 0.25) is 0 Å². The minimum atomic E-state index is 0.635. The molecule has 0 saturated heterocycles. The first kappa shape index (κ1) is 12.7. The number of benzene rings is 2. The van der Waals surface area contributed by atoms with E-state index in [1.165, 1.54) is 11.1 Å². The minimum absolute atomic E-state index is 0.635. The van der Waals surface area contributed by atoms with E-state index in [0.717, 1.165) is 30.8 Å². The average Bonchev–Trinajstić information content (AvgIpc) is 2.82. The first-order valence-corrected chi connectivity index (χ1v) is 6.83. The molecule has 0 fully saturated rings. The highest BCUT2D eigenvalue weighted by molar-refractivity contribution is 6.00. The van der Waals surface area contributed by atoms with E-state index in [9.17, 15) is 0 Å². The molecule has 0 spiro atoms. The summed E-state index contributed by atoms with van der Waals surface area (Å²) in [6.45, 7) is 1.68. The molecule has 1 N–H and O–H groups in total. The summed E-state index contributed by atoms with van der Waals surface area (Å²) in [5, 5.41) is 8.25. The van der Waals surface area contributed by atoms with Crippen LogP contribution in [0.25, 0.3) is 0 Å². The number of rotatable bonds is 4. The zero-order valence-corrected chi connectivity index (χ0v) is 11.6. The Labute approximate surface area is 119 Å². The van der Waals surface area contributed by atoms with Gasteiger partial charge in [0, 0.05) is 18.7 Å². The normalized spacial score (nSPS) is 13.4. The van der Waals surface area contributed by atoms with Crippen LogP contribution in [0.3, 0.4) is 0 Å². The van der Waals surface area contributed by atoms with E-state index < -0.39 is 0 Å². The van der Waals surface area contributed by atoms with Crippen molar-refractivity contribution in [3.8, 4) is 5.75 Å². The Balaban J connectivity index is 1.70. The summed E-state index contributed by atoms with van der Waals surface area (Å²) in [4.78, 5) is 2.12. The van der Waals surface area contributed by atoms with Crippen LogP contribution in [0.15, 0.2) is 48.5 Å². The zero-order valence-electron chi connectivity index (χ0n) is 11.6. The van der Waals surface area contributed by atoms with E-state index in [1.54, 1.807) is 7.11 Å². The molecule has 0 amide bonds. The third-order valence-corrected chi connectivity index (χ3v) is 3.79. The van der Waals surface area contributed by atoms with E-state index in [1.807, 2.05) is 36.4 Å². The predicted molar refractivity (Wildman–Crippen MR) is 80.4 cm³/mol. The number of fused-ring (bicyclic) bond motifs is 1. The maximum Gasteiger partial charge on any atom is 0.128 e. The Bertz CT molecular complexity index is 636. The lowest BCUT2D eigenvalue weighted by molar-refractivity contribution is 0.398. The van der Waals surface area contributed by atoms with Crippen LogP contribution in [0.4, 0.5) is 0 Å². The second kappa shape index (κ2) is 5.37. The lowest BCUT2D eigenvalue weighted by atomic mass is 10.1. The van der Waals surface area contributed by atoms with E-state index in [2.05, 4.69) is 17.0 Å². The van der Waals surface area contributed by atoms with Crippen molar-refractivity contribution in [1.82, 2.24) is 4.90 Å². The van der Waals surface area contributed by atoms with Crippen molar-refractivity contribution in [3.05, 3.63) is 65.2 Å². The summed E-state index contributed by atoms with van der Waals surface area (Å²) in [6.07, 6.45) is 0.889. The van der Waals surface area contributed by atoms with Crippen LogP contribution >= 0.6 is 0 Å². The third-order valence-electron chi connectivity index (χ3n) is 3.79. The summed E-state index contributed by atoms with van der Waals surface area (Å²) in [7, 11) is 1.70. The number of para-hydroxylation sites is 1. The van der Waals surface area contributed by atoms with Crippen molar-refractivity contribution in [2.45, 2.75) is 13.0 Å². The molecule has 2 aromatic carbocycles. The fraction of sp³-hybridized carbons (Fsp3) is 0.235. The molecule has 0 unspecified atom stereocenters. The molecule has 20 heavy (non-hydrogen) atoms. The maximum atomic E-state index is 8.25. The van der Waals surface area contributed by atoms with Crippen molar-refractivity contribution >= 4 is 5.84 Å². The molecule has 1 heterocycles. The quantitative estimate of drug-likeness (QED) is 0.923. The summed E-state index contributed by atoms with van der Waals surface area (Å²) in [5.41, 5.74) is 3.50. The van der Waals surface area contributed by atoms with Gasteiger partial charge in [-0.2, -0.15) is 0 Å². The third kappa shape index (κ3) is 2.27. The Morgan fingerprint density at radius 1 is 1.10 bits per heavy atom. The molecule has 2 aromatic rings. The van der Waals surface area contributed by atoms with Crippen molar-refractivity contribution in [2.24, 2.45) is 0 Å². The zero-order chi connectivity index (χ0) is 13.9. The van der Waals surface area contributed by atoms with E-state index >= 15 is 0 Å². The van der Waals surface area contributed by atoms with Gasteiger partial charge in [0.2, 0.25) is 0 Å². The van der Waals surface area contributed by atoms with Crippen molar-refractivity contribution in [1.29, 1.82) is 5.41 Å². The first-order valence-electron chi connectivity index (χ1n) is 6.83. The summed E-state index contributed by atoms with van der Waals surface area (Å²) >= 11 is 0. The molecule has 3 heteroatoms. The monoisotopic (exact) mass is 266 g/mol. The fourth-order valence-corrected chi connectivity index (χ4v) is 2.70. The molecule has 1 aliphatic heterocycles. The van der Waals surface area contributed by atoms with Gasteiger partial charge in [0.25, 0.3) is 0 Å². The Morgan fingerprint density at radius 2 is 1.85 bits per heavy atom. The number of ether oxygens (including phenoxy) is 1. The molecule has 0 saturated carbocycles. The molecule has 102 valence electrons. The number of nitrogens with zero attached hydrogens (tertiary/aromatic N) is 1. The highest BCUT2D eigenvalue weighted by Crippen LogP contribution is 2.24. The lowest BCUT2D eigenvalue weighted by Gasteiger charge is -2.18. The van der Waals surface area contributed by atoms with E-state index in [4.69, 9.17) is 10.1 Å². The van der Waals surface area contributed by atoms with Crippen molar-refractivity contribution in [3.63, 3.8) is 0 Å². The largest absolute Gasteiger partial charge is 0.496 e. The van der Waals surface area contributed by atoms with Crippen LogP contribution in [0.1, 0.15) is 16.7 Å². The number of nitrogens with one attached hydrogen (secondary N) is 1. The van der Waals surface area contributed by atoms with E-state index in [0.29, 0.717) is 5.84 Å². The molecule has 3 nitrogen and oxygen atoms in total. The van der Waals surface area contributed by atoms with Gasteiger partial charge in [0.05, 0.1) is 7.11 Å². The first-order chi connectivity index (χ1) is 9.79. The van der Waals surface area contributed by atoms with Gasteiger partial charge in [-0.3, -0.25) is 5.41 Å². The molecule has 1 aliphatic rings. The van der Waals surface area contributed by atoms with Crippen LogP contribution < -0.4 is 4.74 Å². The Hall–Kier alpha value is -2.29. The van der Waals surface area contributed by atoms with Crippen LogP contribution in [-0.4, -0.2) is 24.4 Å². The second-order valence-corrected chi connectivity index (χ2v) is 4.99. The van der Waals surface area contributed by atoms with Crippen LogP contribution in [0.5, 0.6) is 5.75 Å². The number of hydrogen-bond acceptors (Lipinski definition) is 2. The SMILES string of the molecule is COc1ccccc1CCN1Cc2ccccc2C1=N. The molecular weight excluding hydrogens is 248 g/mol. The fourth-order valence-electron chi connectivity index (χ4n) is 2.70. The molecule has 3 rings (SSSR count). The molecule has 0 atom stereocenters. The number of amidine groups is 1. The molecule has 0 aromatic heterocycles. The van der Waals surface area contributed by atoms with Gasteiger partial charge in [0.1, 0.15) is 11.6 Å². The summed E-state index contributed by atoms with van der Waals surface area (Å²) in [5.74, 6) is 1.56. The van der Waals surface area contributed by atoms with Gasteiger partial charge < -0.3 is 9.64 Å². The average molecular weight is 266 g/mol. The topological polar surface area (TPSA) is 36.3 Å². The minimum Gasteiger partial charge on any atom is -0.496 e. The molecule has 0 radical (unpaired) electrons. The smallest absolute Gasteiger partial charge is 0.128 e. The lowest BCUT2D eigenvalue weighted by Crippen LogP contribution is -2.26. The summed E-state index contributed by atoms with van der Waals surface area (Å²) in [6, 6.07) is 16.3. The Morgan fingerprint density at radius 3 is 2.65 bits per heavy atom. The molecule has 0 aliphatic carbocycles. The Kier molecular flexibility index (Phi) is 3.42. The molecule has 0 bridgehead atoms. The van der Waals surface area contributed by atoms with Gasteiger partial charge in [0.15, 0.2) is 0 Å². The van der Waals surface area contributed by atoms with Gasteiger partial charge in [-0.1, -0.05) is 42.5 Å². The number of methoxy groups -OCH3 is 1. The van der Waals surface area contributed by atoms with Gasteiger partial charge in [-0.15, -0.1) is 0 Å². The van der Waals surface area contributed by atoms with Crippen LogP contribution in [-0.2, 0) is 13.0 Å². The van der Waals surface area contributed by atoms with Crippen molar-refractivity contribution in [2.75, 3.05) is 13.7 Å². The number of hydrogen-bond donors (Lipinski definition) is 1. The predicted octanol–water partition coefficient (Wildman–Crippen LogP) is 3.08. The van der Waals surface area contributed by atoms with Gasteiger partial charge in [-0.25, -0.2) is 0 Å². The standard InChI is InChI=1S/C17H18N2O/c1-20-16-9-5-3-6-13(16)10-11-19-12-14-7-2-4-8-15(14)17(19)18/h2-9,18H,10-12H2,1H3. The van der Waals surface area contributed by atoms with E-state index in [-0.39, 0.29) is 0 Å². The second-order valence-electron chi connectivity index (χ2n) is 4.99. The highest BCUT2D eigenvalue weighted by Gasteiger charge is 2.23. The summed E-state index contributed by atoms with van der Waals surface area (Å²) < 4.78 is 5.38. The van der Waals surface area contributed by atoms with Crippen molar-refractivity contribution < 1.29 is 4.74 Å². The van der Waals surface area contributed by atoms with Crippen LogP contribution in [0, 0.1) is 5.41 Å². The van der Waals surface area contributed by atoms with Gasteiger partial charge >= 0.3 is 0 Å². The van der Waals surface area contributed by atoms with Gasteiger partial charge in [-0.05, 0) is 23.6 Å². The molecular formula is C17H18N2O. The maximum absolute atomic E-state index is 8.25. The highest BCUT2D eigenvalue weighted by atomic mass is 16.5.